The third-order valence-electron chi connectivity index (χ3n) is 2.40. The lowest BCUT2D eigenvalue weighted by Gasteiger charge is -2.16. The molecule has 1 atom stereocenters. The molecule has 2 aromatic rings. The number of esters is 1. The summed E-state index contributed by atoms with van der Waals surface area (Å²) in [5, 5.41) is 3.78. The first-order valence-corrected chi connectivity index (χ1v) is 6.77. The second-order valence-corrected chi connectivity index (χ2v) is 4.49. The summed E-state index contributed by atoms with van der Waals surface area (Å²) >= 11 is 1.04. The van der Waals surface area contributed by atoms with E-state index in [-0.39, 0.29) is 12.3 Å². The Morgan fingerprint density at radius 2 is 2.10 bits per heavy atom. The minimum Gasteiger partial charge on any atom is -0.461 e. The van der Waals surface area contributed by atoms with Gasteiger partial charge in [0.05, 0.1) is 6.61 Å². The quantitative estimate of drug-likeness (QED) is 0.602. The molecule has 1 heterocycles. The molecule has 0 unspecified atom stereocenters. The van der Waals surface area contributed by atoms with Crippen molar-refractivity contribution in [2.75, 3.05) is 13.7 Å². The van der Waals surface area contributed by atoms with Crippen LogP contribution in [-0.2, 0) is 9.47 Å². The molecule has 1 aromatic heterocycles. The van der Waals surface area contributed by atoms with Crippen molar-refractivity contribution in [3.05, 3.63) is 40.9 Å². The van der Waals surface area contributed by atoms with E-state index in [9.17, 15) is 4.79 Å². The highest BCUT2D eigenvalue weighted by Gasteiger charge is 2.26. The minimum absolute atomic E-state index is 0.125. The van der Waals surface area contributed by atoms with E-state index in [0.29, 0.717) is 10.6 Å². The molecule has 0 amide bonds. The first-order chi connectivity index (χ1) is 9.76. The van der Waals surface area contributed by atoms with Gasteiger partial charge >= 0.3 is 5.97 Å². The number of carbonyl (C=O) groups is 1. The van der Waals surface area contributed by atoms with E-state index in [2.05, 4.69) is 9.59 Å². The monoisotopic (exact) mass is 294 g/mol. The Bertz CT molecular complexity index is 559. The molecule has 2 rings (SSSR count). The molecule has 0 spiro atoms. The molecule has 0 saturated carbocycles. The molecule has 0 fully saturated rings. The van der Waals surface area contributed by atoms with Crippen molar-refractivity contribution in [1.82, 2.24) is 9.59 Å². The maximum atomic E-state index is 11.8. The van der Waals surface area contributed by atoms with E-state index in [1.54, 1.807) is 19.1 Å². The number of hydrogen-bond donors (Lipinski definition) is 0. The zero-order chi connectivity index (χ0) is 14.4. The lowest BCUT2D eigenvalue weighted by Crippen LogP contribution is -2.14. The summed E-state index contributed by atoms with van der Waals surface area (Å²) < 4.78 is 19.6. The van der Waals surface area contributed by atoms with Gasteiger partial charge in [0.25, 0.3) is 0 Å². The highest BCUT2D eigenvalue weighted by molar-refractivity contribution is 7.05. The van der Waals surface area contributed by atoms with Gasteiger partial charge in [-0.2, -0.15) is 0 Å². The van der Waals surface area contributed by atoms with Gasteiger partial charge in [-0.15, -0.1) is 5.10 Å². The number of aromatic nitrogens is 2. The van der Waals surface area contributed by atoms with Crippen molar-refractivity contribution in [2.24, 2.45) is 0 Å². The lowest BCUT2D eigenvalue weighted by molar-refractivity contribution is -0.0544. The summed E-state index contributed by atoms with van der Waals surface area (Å²) in [7, 11) is 1.49. The third kappa shape index (κ3) is 3.31. The van der Waals surface area contributed by atoms with Crippen molar-refractivity contribution in [3.63, 3.8) is 0 Å². The van der Waals surface area contributed by atoms with Crippen molar-refractivity contribution in [3.8, 4) is 5.75 Å². The van der Waals surface area contributed by atoms with Gasteiger partial charge in [0.2, 0.25) is 6.29 Å². The van der Waals surface area contributed by atoms with Gasteiger partial charge in [-0.1, -0.05) is 22.7 Å². The number of methoxy groups -OCH3 is 1. The SMILES string of the molecule is CCOC(=O)c1nnsc1[C@H](OC)Oc1ccccc1. The summed E-state index contributed by atoms with van der Waals surface area (Å²) in [5.74, 6) is 0.0949. The fraction of sp³-hybridized carbons (Fsp3) is 0.308. The molecule has 20 heavy (non-hydrogen) atoms. The van der Waals surface area contributed by atoms with Gasteiger partial charge in [-0.25, -0.2) is 4.79 Å². The molecule has 0 bridgehead atoms. The summed E-state index contributed by atoms with van der Waals surface area (Å²) in [4.78, 5) is 12.3. The van der Waals surface area contributed by atoms with Crippen molar-refractivity contribution in [2.45, 2.75) is 13.2 Å². The van der Waals surface area contributed by atoms with Crippen LogP contribution in [-0.4, -0.2) is 29.3 Å². The van der Waals surface area contributed by atoms with Crippen molar-refractivity contribution >= 4 is 17.5 Å². The first-order valence-electron chi connectivity index (χ1n) is 6.00. The Labute approximate surface area is 120 Å². The topological polar surface area (TPSA) is 70.5 Å². The van der Waals surface area contributed by atoms with Gasteiger partial charge in [-0.05, 0) is 30.6 Å². The zero-order valence-electron chi connectivity index (χ0n) is 11.1. The maximum absolute atomic E-state index is 11.8. The standard InChI is InChI=1S/C13H14N2O4S/c1-3-18-12(16)10-11(20-15-14-10)13(17-2)19-9-7-5-4-6-8-9/h4-8,13H,3H2,1-2H3/t13-/m1/s1. The van der Waals surface area contributed by atoms with E-state index < -0.39 is 12.3 Å². The van der Waals surface area contributed by atoms with E-state index >= 15 is 0 Å². The molecule has 0 aliphatic heterocycles. The van der Waals surface area contributed by atoms with Crippen LogP contribution in [0.3, 0.4) is 0 Å². The maximum Gasteiger partial charge on any atom is 0.360 e. The Morgan fingerprint density at radius 3 is 2.75 bits per heavy atom. The number of carbonyl (C=O) groups excluding carboxylic acids is 1. The Kier molecular flexibility index (Phi) is 5.03. The number of benzene rings is 1. The highest BCUT2D eigenvalue weighted by Crippen LogP contribution is 2.27. The molecule has 6 nitrogen and oxygen atoms in total. The normalized spacial score (nSPS) is 11.9. The van der Waals surface area contributed by atoms with Crippen LogP contribution in [0.1, 0.15) is 28.6 Å². The van der Waals surface area contributed by atoms with Gasteiger partial charge < -0.3 is 14.2 Å². The average Bonchev–Trinajstić information content (AvgIpc) is 2.95. The van der Waals surface area contributed by atoms with Gasteiger partial charge in [0.15, 0.2) is 5.69 Å². The van der Waals surface area contributed by atoms with Gasteiger partial charge in [-0.3, -0.25) is 0 Å². The number of ether oxygens (including phenoxy) is 3. The number of rotatable bonds is 6. The summed E-state index contributed by atoms with van der Waals surface area (Å²) in [6.07, 6.45) is -0.753. The predicted molar refractivity (Wildman–Crippen MR) is 72.7 cm³/mol. The van der Waals surface area contributed by atoms with Crippen LogP contribution in [0.2, 0.25) is 0 Å². The second-order valence-electron chi connectivity index (χ2n) is 3.70. The Hall–Kier alpha value is -1.99. The molecular formula is C13H14N2O4S. The van der Waals surface area contributed by atoms with Crippen LogP contribution in [0.15, 0.2) is 30.3 Å². The second kappa shape index (κ2) is 6.97. The largest absolute Gasteiger partial charge is 0.461 e. The van der Waals surface area contributed by atoms with E-state index in [4.69, 9.17) is 14.2 Å². The smallest absolute Gasteiger partial charge is 0.360 e. The van der Waals surface area contributed by atoms with Crippen LogP contribution in [0, 0.1) is 0 Å². The van der Waals surface area contributed by atoms with E-state index in [0.717, 1.165) is 11.5 Å². The Balaban J connectivity index is 2.20. The van der Waals surface area contributed by atoms with Crippen LogP contribution >= 0.6 is 11.5 Å². The van der Waals surface area contributed by atoms with Crippen LogP contribution in [0.4, 0.5) is 0 Å². The molecular weight excluding hydrogens is 280 g/mol. The number of para-hydroxylation sites is 1. The minimum atomic E-state index is -0.753. The molecule has 0 saturated heterocycles. The van der Waals surface area contributed by atoms with E-state index in [1.165, 1.54) is 7.11 Å². The van der Waals surface area contributed by atoms with Crippen LogP contribution < -0.4 is 4.74 Å². The van der Waals surface area contributed by atoms with E-state index in [1.807, 2.05) is 18.2 Å². The summed E-state index contributed by atoms with van der Waals surface area (Å²) in [5.41, 5.74) is 0.125. The fourth-order valence-corrected chi connectivity index (χ4v) is 2.18. The van der Waals surface area contributed by atoms with Gasteiger partial charge in [0.1, 0.15) is 10.6 Å². The molecule has 0 aliphatic carbocycles. The third-order valence-corrected chi connectivity index (χ3v) is 3.14. The number of nitrogens with zero attached hydrogens (tertiary/aromatic N) is 2. The number of hydrogen-bond acceptors (Lipinski definition) is 7. The van der Waals surface area contributed by atoms with Crippen LogP contribution in [0.5, 0.6) is 5.75 Å². The summed E-state index contributed by atoms with van der Waals surface area (Å²) in [6, 6.07) is 9.17. The fourth-order valence-electron chi connectivity index (χ4n) is 1.52. The molecule has 1 aromatic carbocycles. The molecule has 7 heteroatoms. The highest BCUT2D eigenvalue weighted by atomic mass is 32.1. The van der Waals surface area contributed by atoms with Crippen molar-refractivity contribution < 1.29 is 19.0 Å². The van der Waals surface area contributed by atoms with Gasteiger partial charge in [0, 0.05) is 7.11 Å². The molecule has 0 aliphatic rings. The summed E-state index contributed by atoms with van der Waals surface area (Å²) in [6.45, 7) is 2.00. The first kappa shape index (κ1) is 14.4. The lowest BCUT2D eigenvalue weighted by atomic mass is 10.3. The van der Waals surface area contributed by atoms with Crippen LogP contribution in [0.25, 0.3) is 0 Å². The zero-order valence-corrected chi connectivity index (χ0v) is 11.9. The Morgan fingerprint density at radius 1 is 1.35 bits per heavy atom. The van der Waals surface area contributed by atoms with Crippen molar-refractivity contribution in [1.29, 1.82) is 0 Å². The molecule has 106 valence electrons. The molecule has 0 N–H and O–H groups in total. The average molecular weight is 294 g/mol. The molecule has 0 radical (unpaired) electrons. The predicted octanol–water partition coefficient (Wildman–Crippen LogP) is 2.44.